The van der Waals surface area contributed by atoms with Gasteiger partial charge in [-0.15, -0.1) is 0 Å². The normalized spacial score (nSPS) is 10.5. The van der Waals surface area contributed by atoms with E-state index >= 15 is 0 Å². The lowest BCUT2D eigenvalue weighted by molar-refractivity contribution is 0.0988. The molecule has 2 nitrogen and oxygen atoms in total. The van der Waals surface area contributed by atoms with Crippen molar-refractivity contribution in [3.8, 4) is 0 Å². The fraction of sp³-hybridized carbons (Fsp3) is 0.182. The van der Waals surface area contributed by atoms with Gasteiger partial charge in [0.15, 0.2) is 5.78 Å². The van der Waals surface area contributed by atoms with E-state index in [-0.39, 0.29) is 5.78 Å². The van der Waals surface area contributed by atoms with Gasteiger partial charge in [-0.1, -0.05) is 19.1 Å². The molecule has 0 N–H and O–H groups in total. The molecule has 0 aliphatic carbocycles. The van der Waals surface area contributed by atoms with Crippen LogP contribution in [0.2, 0.25) is 0 Å². The second-order valence-corrected chi connectivity index (χ2v) is 2.95. The van der Waals surface area contributed by atoms with Gasteiger partial charge < -0.3 is 4.42 Å². The van der Waals surface area contributed by atoms with E-state index in [4.69, 9.17) is 4.42 Å². The van der Waals surface area contributed by atoms with E-state index in [9.17, 15) is 4.79 Å². The van der Waals surface area contributed by atoms with E-state index in [2.05, 4.69) is 0 Å². The Morgan fingerprint density at radius 3 is 3.00 bits per heavy atom. The summed E-state index contributed by atoms with van der Waals surface area (Å²) in [5, 5.41) is 1.03. The highest BCUT2D eigenvalue weighted by Gasteiger charge is 2.04. The molecule has 0 saturated carbocycles. The highest BCUT2D eigenvalue weighted by atomic mass is 16.3. The van der Waals surface area contributed by atoms with Crippen LogP contribution in [-0.2, 0) is 0 Å². The number of Topliss-reactive ketones (excluding diaryl/α,β-unsaturated/α-hetero) is 1. The van der Waals surface area contributed by atoms with Gasteiger partial charge in [-0.2, -0.15) is 0 Å². The zero-order valence-corrected chi connectivity index (χ0v) is 7.41. The van der Waals surface area contributed by atoms with Crippen LogP contribution in [0.4, 0.5) is 0 Å². The molecule has 13 heavy (non-hydrogen) atoms. The maximum absolute atomic E-state index is 11.3. The van der Waals surface area contributed by atoms with Crippen LogP contribution in [0.3, 0.4) is 0 Å². The third kappa shape index (κ3) is 1.35. The summed E-state index contributed by atoms with van der Waals surface area (Å²) in [4.78, 5) is 11.3. The first-order valence-electron chi connectivity index (χ1n) is 4.31. The number of ketones is 1. The minimum atomic E-state index is 0.151. The molecule has 2 heteroatoms. The van der Waals surface area contributed by atoms with Crippen molar-refractivity contribution in [1.82, 2.24) is 0 Å². The van der Waals surface area contributed by atoms with Gasteiger partial charge in [0, 0.05) is 17.4 Å². The Hall–Kier alpha value is -1.57. The summed E-state index contributed by atoms with van der Waals surface area (Å²) in [6.45, 7) is 1.86. The van der Waals surface area contributed by atoms with Crippen molar-refractivity contribution in [2.75, 3.05) is 0 Å². The molecule has 0 unspecified atom stereocenters. The molecule has 0 bridgehead atoms. The van der Waals surface area contributed by atoms with Gasteiger partial charge in [0.1, 0.15) is 5.58 Å². The van der Waals surface area contributed by atoms with Crippen molar-refractivity contribution in [3.63, 3.8) is 0 Å². The van der Waals surface area contributed by atoms with Crippen LogP contribution in [0.15, 0.2) is 34.9 Å². The minimum Gasteiger partial charge on any atom is -0.464 e. The maximum Gasteiger partial charge on any atom is 0.162 e. The van der Waals surface area contributed by atoms with Crippen molar-refractivity contribution in [1.29, 1.82) is 0 Å². The molecule has 0 atom stereocenters. The summed E-state index contributed by atoms with van der Waals surface area (Å²) in [7, 11) is 0. The van der Waals surface area contributed by atoms with Crippen LogP contribution in [0.5, 0.6) is 0 Å². The molecule has 1 aromatic heterocycles. The highest BCUT2D eigenvalue weighted by Crippen LogP contribution is 2.17. The van der Waals surface area contributed by atoms with E-state index in [0.29, 0.717) is 6.42 Å². The fourth-order valence-corrected chi connectivity index (χ4v) is 1.33. The number of carbonyl (C=O) groups is 1. The van der Waals surface area contributed by atoms with Crippen LogP contribution in [0.1, 0.15) is 23.7 Å². The lowest BCUT2D eigenvalue weighted by Gasteiger charge is -1.96. The Kier molecular flexibility index (Phi) is 1.89. The monoisotopic (exact) mass is 174 g/mol. The van der Waals surface area contributed by atoms with Crippen molar-refractivity contribution in [3.05, 3.63) is 36.1 Å². The van der Waals surface area contributed by atoms with E-state index in [1.54, 1.807) is 12.3 Å². The van der Waals surface area contributed by atoms with Crippen LogP contribution >= 0.6 is 0 Å². The van der Waals surface area contributed by atoms with E-state index in [0.717, 1.165) is 16.5 Å². The molecule has 66 valence electrons. The number of hydrogen-bond acceptors (Lipinski definition) is 2. The van der Waals surface area contributed by atoms with Crippen LogP contribution in [-0.4, -0.2) is 5.78 Å². The van der Waals surface area contributed by atoms with Crippen molar-refractivity contribution >= 4 is 16.8 Å². The zero-order chi connectivity index (χ0) is 9.26. The molecule has 1 aromatic carbocycles. The average molecular weight is 174 g/mol. The Balaban J connectivity index is 2.54. The molecule has 1 heterocycles. The number of carbonyl (C=O) groups excluding carboxylic acids is 1. The SMILES string of the molecule is CCC(=O)c1ccc2ccoc2c1. The maximum atomic E-state index is 11.3. The van der Waals surface area contributed by atoms with Gasteiger partial charge in [-0.3, -0.25) is 4.79 Å². The van der Waals surface area contributed by atoms with Crippen molar-refractivity contribution in [2.24, 2.45) is 0 Å². The van der Waals surface area contributed by atoms with E-state index in [1.807, 2.05) is 25.1 Å². The summed E-state index contributed by atoms with van der Waals surface area (Å²) in [5.74, 6) is 0.151. The molecule has 2 rings (SSSR count). The third-order valence-electron chi connectivity index (χ3n) is 2.10. The molecule has 0 aliphatic rings. The van der Waals surface area contributed by atoms with Crippen LogP contribution in [0.25, 0.3) is 11.0 Å². The van der Waals surface area contributed by atoms with Crippen molar-refractivity contribution in [2.45, 2.75) is 13.3 Å². The predicted octanol–water partition coefficient (Wildman–Crippen LogP) is 3.03. The third-order valence-corrected chi connectivity index (χ3v) is 2.10. The lowest BCUT2D eigenvalue weighted by atomic mass is 10.1. The number of rotatable bonds is 2. The molecular weight excluding hydrogens is 164 g/mol. The van der Waals surface area contributed by atoms with E-state index < -0.39 is 0 Å². The summed E-state index contributed by atoms with van der Waals surface area (Å²) >= 11 is 0. The number of furan rings is 1. The molecule has 0 amide bonds. The zero-order valence-electron chi connectivity index (χ0n) is 7.41. The fourth-order valence-electron chi connectivity index (χ4n) is 1.33. The van der Waals surface area contributed by atoms with E-state index in [1.165, 1.54) is 0 Å². The molecular formula is C11H10O2. The van der Waals surface area contributed by atoms with Gasteiger partial charge >= 0.3 is 0 Å². The summed E-state index contributed by atoms with van der Waals surface area (Å²) in [6.07, 6.45) is 2.16. The Morgan fingerprint density at radius 1 is 1.38 bits per heavy atom. The van der Waals surface area contributed by atoms with Gasteiger partial charge in [0.05, 0.1) is 6.26 Å². The summed E-state index contributed by atoms with van der Waals surface area (Å²) < 4.78 is 5.20. The average Bonchev–Trinajstić information content (AvgIpc) is 2.63. The lowest BCUT2D eigenvalue weighted by Crippen LogP contribution is -1.94. The summed E-state index contributed by atoms with van der Waals surface area (Å²) in [5.41, 5.74) is 1.50. The highest BCUT2D eigenvalue weighted by molar-refractivity contribution is 5.98. The number of fused-ring (bicyclic) bond motifs is 1. The van der Waals surface area contributed by atoms with Crippen LogP contribution < -0.4 is 0 Å². The molecule has 0 saturated heterocycles. The second kappa shape index (κ2) is 3.05. The second-order valence-electron chi connectivity index (χ2n) is 2.95. The molecule has 0 radical (unpaired) electrons. The predicted molar refractivity (Wildman–Crippen MR) is 50.8 cm³/mol. The van der Waals surface area contributed by atoms with Gasteiger partial charge in [-0.25, -0.2) is 0 Å². The Morgan fingerprint density at radius 2 is 2.23 bits per heavy atom. The number of benzene rings is 1. The molecule has 0 spiro atoms. The number of hydrogen-bond donors (Lipinski definition) is 0. The van der Waals surface area contributed by atoms with Gasteiger partial charge in [0.25, 0.3) is 0 Å². The molecule has 2 aromatic rings. The minimum absolute atomic E-state index is 0.151. The van der Waals surface area contributed by atoms with Crippen LogP contribution in [0, 0.1) is 0 Å². The molecule has 0 aliphatic heterocycles. The Bertz CT molecular complexity index is 440. The van der Waals surface area contributed by atoms with Crippen molar-refractivity contribution < 1.29 is 9.21 Å². The first-order chi connectivity index (χ1) is 6.31. The first kappa shape index (κ1) is 8.05. The smallest absolute Gasteiger partial charge is 0.162 e. The van der Waals surface area contributed by atoms with Gasteiger partial charge in [-0.05, 0) is 12.1 Å². The quantitative estimate of drug-likeness (QED) is 0.655. The topological polar surface area (TPSA) is 30.2 Å². The largest absolute Gasteiger partial charge is 0.464 e. The first-order valence-corrected chi connectivity index (χ1v) is 4.31. The summed E-state index contributed by atoms with van der Waals surface area (Å²) in [6, 6.07) is 7.42. The van der Waals surface area contributed by atoms with Gasteiger partial charge in [0.2, 0.25) is 0 Å². The standard InChI is InChI=1S/C11H10O2/c1-2-10(12)9-4-3-8-5-6-13-11(8)7-9/h3-7H,2H2,1H3. The molecule has 0 fully saturated rings. The Labute approximate surface area is 76.2 Å².